The van der Waals surface area contributed by atoms with Gasteiger partial charge in [0.15, 0.2) is 0 Å². The van der Waals surface area contributed by atoms with Crippen molar-refractivity contribution in [3.8, 4) is 0 Å². The predicted octanol–water partition coefficient (Wildman–Crippen LogP) is 13.6. The fourth-order valence-electron chi connectivity index (χ4n) is 6.24. The van der Waals surface area contributed by atoms with Crippen molar-refractivity contribution in [1.29, 1.82) is 0 Å². The largest absolute Gasteiger partial charge is 0.465 e. The van der Waals surface area contributed by atoms with Gasteiger partial charge >= 0.3 is 11.9 Å². The Morgan fingerprint density at radius 3 is 1.13 bits per heavy atom. The number of ether oxygens (including phenoxy) is 2. The van der Waals surface area contributed by atoms with Crippen LogP contribution >= 0.6 is 0 Å². The Morgan fingerprint density at radius 2 is 0.756 bits per heavy atom. The average Bonchev–Trinajstić information content (AvgIpc) is 3.02. The molecule has 0 radical (unpaired) electrons. The lowest BCUT2D eigenvalue weighted by atomic mass is 9.84. The van der Waals surface area contributed by atoms with E-state index in [9.17, 15) is 9.59 Å². The minimum atomic E-state index is -0.387. The summed E-state index contributed by atoms with van der Waals surface area (Å²) in [5.41, 5.74) is -0.387. The van der Waals surface area contributed by atoms with E-state index in [0.29, 0.717) is 19.4 Å². The first-order valence-electron chi connectivity index (χ1n) is 20.2. The van der Waals surface area contributed by atoms with Gasteiger partial charge in [0.25, 0.3) is 0 Å². The third-order valence-electron chi connectivity index (χ3n) is 9.54. The molecule has 0 N–H and O–H groups in total. The molecule has 0 spiro atoms. The molecule has 0 heterocycles. The van der Waals surface area contributed by atoms with Gasteiger partial charge in [-0.3, -0.25) is 9.59 Å². The Bertz CT molecular complexity index is 643. The van der Waals surface area contributed by atoms with E-state index in [2.05, 4.69) is 34.6 Å². The van der Waals surface area contributed by atoms with E-state index >= 15 is 0 Å². The zero-order valence-corrected chi connectivity index (χ0v) is 31.3. The quantitative estimate of drug-likeness (QED) is 0.0513. The minimum absolute atomic E-state index is 0.0820. The highest BCUT2D eigenvalue weighted by Gasteiger charge is 2.34. The van der Waals surface area contributed by atoms with Crippen molar-refractivity contribution >= 4 is 11.9 Å². The minimum Gasteiger partial charge on any atom is -0.465 e. The van der Waals surface area contributed by atoms with E-state index in [1.54, 1.807) is 0 Å². The standard InChI is InChI=1S/C41H80O4/c1-6-9-12-15-18-19-20-21-22-23-24-27-28-31-34-38(45-40(43)36-33-30-26-17-14-11-8-3)41(4,5)37-44-39(42)35-32-29-25-16-13-10-7-2/h38H,6-37H2,1-5H3. The highest BCUT2D eigenvalue weighted by atomic mass is 16.6. The van der Waals surface area contributed by atoms with E-state index in [1.807, 2.05) is 0 Å². The highest BCUT2D eigenvalue weighted by molar-refractivity contribution is 5.70. The zero-order valence-electron chi connectivity index (χ0n) is 31.3. The van der Waals surface area contributed by atoms with Crippen molar-refractivity contribution < 1.29 is 19.1 Å². The molecule has 0 fully saturated rings. The Kier molecular flexibility index (Phi) is 32.1. The number of hydrogen-bond donors (Lipinski definition) is 0. The van der Waals surface area contributed by atoms with E-state index < -0.39 is 0 Å². The highest BCUT2D eigenvalue weighted by Crippen LogP contribution is 2.29. The number of hydrogen-bond acceptors (Lipinski definition) is 4. The first-order chi connectivity index (χ1) is 21.9. The molecule has 1 unspecified atom stereocenters. The number of rotatable bonds is 35. The summed E-state index contributed by atoms with van der Waals surface area (Å²) in [6.07, 6.45) is 37.0. The van der Waals surface area contributed by atoms with Gasteiger partial charge in [-0.2, -0.15) is 0 Å². The van der Waals surface area contributed by atoms with Gasteiger partial charge < -0.3 is 9.47 Å². The van der Waals surface area contributed by atoms with Crippen LogP contribution in [0.2, 0.25) is 0 Å². The summed E-state index contributed by atoms with van der Waals surface area (Å²) in [5, 5.41) is 0. The van der Waals surface area contributed by atoms with Crippen LogP contribution in [-0.2, 0) is 19.1 Å². The second-order valence-corrected chi connectivity index (χ2v) is 14.8. The molecule has 0 amide bonds. The molecule has 0 aromatic heterocycles. The van der Waals surface area contributed by atoms with Crippen molar-refractivity contribution in [2.24, 2.45) is 5.41 Å². The van der Waals surface area contributed by atoms with Crippen molar-refractivity contribution in [3.05, 3.63) is 0 Å². The SMILES string of the molecule is CCCCCCCCCCCCCCCCC(OC(=O)CCCCCCCCC)C(C)(C)COC(=O)CCCCCCCCC. The number of unbranched alkanes of at least 4 members (excludes halogenated alkanes) is 25. The third kappa shape index (κ3) is 30.0. The molecule has 1 atom stereocenters. The Morgan fingerprint density at radius 1 is 0.444 bits per heavy atom. The first kappa shape index (κ1) is 43.9. The third-order valence-corrected chi connectivity index (χ3v) is 9.54. The van der Waals surface area contributed by atoms with Crippen LogP contribution in [-0.4, -0.2) is 24.6 Å². The van der Waals surface area contributed by atoms with Crippen LogP contribution in [0, 0.1) is 5.41 Å². The lowest BCUT2D eigenvalue weighted by Crippen LogP contribution is -2.38. The normalized spacial score (nSPS) is 12.4. The first-order valence-corrected chi connectivity index (χ1v) is 20.2. The molecule has 0 saturated carbocycles. The molecule has 0 aromatic carbocycles. The van der Waals surface area contributed by atoms with Gasteiger partial charge in [0, 0.05) is 18.3 Å². The maximum atomic E-state index is 12.9. The molecule has 0 bridgehead atoms. The summed E-state index contributed by atoms with van der Waals surface area (Å²) >= 11 is 0. The molecular formula is C41H80O4. The Labute approximate surface area is 282 Å². The Hall–Kier alpha value is -1.06. The lowest BCUT2D eigenvalue weighted by Gasteiger charge is -2.33. The Balaban J connectivity index is 4.46. The smallest absolute Gasteiger partial charge is 0.306 e. The van der Waals surface area contributed by atoms with Crippen molar-refractivity contribution in [1.82, 2.24) is 0 Å². The molecule has 45 heavy (non-hydrogen) atoms. The van der Waals surface area contributed by atoms with E-state index in [-0.39, 0.29) is 23.5 Å². The molecule has 0 rings (SSSR count). The summed E-state index contributed by atoms with van der Waals surface area (Å²) < 4.78 is 11.9. The monoisotopic (exact) mass is 637 g/mol. The van der Waals surface area contributed by atoms with Crippen LogP contribution in [0.25, 0.3) is 0 Å². The van der Waals surface area contributed by atoms with E-state index in [1.165, 1.54) is 148 Å². The molecule has 0 aliphatic rings. The van der Waals surface area contributed by atoms with E-state index in [0.717, 1.165) is 38.5 Å². The molecule has 4 heteroatoms. The summed E-state index contributed by atoms with van der Waals surface area (Å²) in [6, 6.07) is 0. The van der Waals surface area contributed by atoms with Crippen LogP contribution in [0.15, 0.2) is 0 Å². The second kappa shape index (κ2) is 32.9. The van der Waals surface area contributed by atoms with Crippen molar-refractivity contribution in [2.75, 3.05) is 6.61 Å². The van der Waals surface area contributed by atoms with Crippen LogP contribution in [0.1, 0.15) is 234 Å². The van der Waals surface area contributed by atoms with Crippen LogP contribution < -0.4 is 0 Å². The molecule has 268 valence electrons. The number of carbonyl (C=O) groups is 2. The summed E-state index contributed by atoms with van der Waals surface area (Å²) in [4.78, 5) is 25.4. The van der Waals surface area contributed by atoms with Gasteiger partial charge in [-0.1, -0.05) is 195 Å². The second-order valence-electron chi connectivity index (χ2n) is 14.8. The van der Waals surface area contributed by atoms with E-state index in [4.69, 9.17) is 9.47 Å². The summed E-state index contributed by atoms with van der Waals surface area (Å²) in [7, 11) is 0. The maximum absolute atomic E-state index is 12.9. The average molecular weight is 637 g/mol. The molecule has 0 saturated heterocycles. The maximum Gasteiger partial charge on any atom is 0.306 e. The van der Waals surface area contributed by atoms with Gasteiger partial charge in [0.2, 0.25) is 0 Å². The van der Waals surface area contributed by atoms with Crippen LogP contribution in [0.3, 0.4) is 0 Å². The fraction of sp³-hybridized carbons (Fsp3) is 0.951. The predicted molar refractivity (Wildman–Crippen MR) is 195 cm³/mol. The van der Waals surface area contributed by atoms with Gasteiger partial charge in [-0.25, -0.2) is 0 Å². The molecule has 0 aliphatic carbocycles. The molecule has 4 nitrogen and oxygen atoms in total. The van der Waals surface area contributed by atoms with Gasteiger partial charge in [0.05, 0.1) is 6.61 Å². The van der Waals surface area contributed by atoms with Gasteiger partial charge in [-0.15, -0.1) is 0 Å². The molecule has 0 aliphatic heterocycles. The summed E-state index contributed by atoms with van der Waals surface area (Å²) in [5.74, 6) is -0.192. The van der Waals surface area contributed by atoms with Crippen LogP contribution in [0.4, 0.5) is 0 Å². The molecule has 0 aromatic rings. The summed E-state index contributed by atoms with van der Waals surface area (Å²) in [6.45, 7) is 11.3. The van der Waals surface area contributed by atoms with Crippen molar-refractivity contribution in [3.63, 3.8) is 0 Å². The lowest BCUT2D eigenvalue weighted by molar-refractivity contribution is -0.162. The van der Waals surface area contributed by atoms with Gasteiger partial charge in [0.1, 0.15) is 6.10 Å². The number of esters is 2. The number of carbonyl (C=O) groups excluding carboxylic acids is 2. The topological polar surface area (TPSA) is 52.6 Å². The fourth-order valence-corrected chi connectivity index (χ4v) is 6.24. The van der Waals surface area contributed by atoms with Crippen LogP contribution in [0.5, 0.6) is 0 Å². The van der Waals surface area contributed by atoms with Gasteiger partial charge in [-0.05, 0) is 25.7 Å². The molecular weight excluding hydrogens is 556 g/mol. The zero-order chi connectivity index (χ0) is 33.3. The van der Waals surface area contributed by atoms with Crippen molar-refractivity contribution in [2.45, 2.75) is 240 Å².